The number of hydrogen-bond acceptors (Lipinski definition) is 6. The molecule has 0 spiro atoms. The van der Waals surface area contributed by atoms with Crippen molar-refractivity contribution in [2.45, 2.75) is 51.3 Å². The number of carbonyl (C=O) groups excluding carboxylic acids is 3. The Kier molecular flexibility index (Phi) is 11.1. The molecule has 43 heavy (non-hydrogen) atoms. The molecule has 9 heteroatoms. The Morgan fingerprint density at radius 3 is 2.28 bits per heavy atom. The van der Waals surface area contributed by atoms with Gasteiger partial charge in [-0.05, 0) is 67.6 Å². The quantitative estimate of drug-likeness (QED) is 0.208. The zero-order valence-electron chi connectivity index (χ0n) is 24.3. The second kappa shape index (κ2) is 15.4. The maximum absolute atomic E-state index is 13.6. The van der Waals surface area contributed by atoms with E-state index >= 15 is 0 Å². The van der Waals surface area contributed by atoms with E-state index in [0.717, 1.165) is 22.3 Å². The number of allylic oxidation sites excluding steroid dienone is 2. The average molecular weight is 583 g/mol. The van der Waals surface area contributed by atoms with Crippen molar-refractivity contribution < 1.29 is 23.9 Å². The van der Waals surface area contributed by atoms with Crippen molar-refractivity contribution in [1.29, 1.82) is 0 Å². The summed E-state index contributed by atoms with van der Waals surface area (Å²) >= 11 is 0. The highest BCUT2D eigenvalue weighted by Gasteiger charge is 2.28. The third kappa shape index (κ3) is 9.31. The Hall–Kier alpha value is -4.89. The van der Waals surface area contributed by atoms with Crippen molar-refractivity contribution >= 4 is 29.2 Å². The molecule has 224 valence electrons. The molecule has 0 saturated heterocycles. The van der Waals surface area contributed by atoms with Crippen LogP contribution < -0.4 is 26.4 Å². The normalized spacial score (nSPS) is 13.4. The number of carbonyl (C=O) groups is 3. The van der Waals surface area contributed by atoms with Crippen molar-refractivity contribution in [2.24, 2.45) is 5.73 Å². The van der Waals surface area contributed by atoms with E-state index in [-0.39, 0.29) is 13.0 Å². The van der Waals surface area contributed by atoms with Crippen LogP contribution in [-0.4, -0.2) is 36.5 Å². The molecule has 9 nitrogen and oxygen atoms in total. The van der Waals surface area contributed by atoms with E-state index in [1.54, 1.807) is 12.1 Å². The maximum atomic E-state index is 13.6. The van der Waals surface area contributed by atoms with Crippen LogP contribution in [0.5, 0.6) is 5.75 Å². The highest BCUT2D eigenvalue weighted by atomic mass is 16.5. The Bertz CT molecular complexity index is 1460. The maximum Gasteiger partial charge on any atom is 0.408 e. The summed E-state index contributed by atoms with van der Waals surface area (Å²) in [5.41, 5.74) is 9.79. The lowest BCUT2D eigenvalue weighted by molar-refractivity contribution is -0.128. The Morgan fingerprint density at radius 1 is 0.884 bits per heavy atom. The number of unbranched alkanes of at least 4 members (excludes halogenated alkanes) is 1. The van der Waals surface area contributed by atoms with E-state index in [2.05, 4.69) is 22.5 Å². The van der Waals surface area contributed by atoms with Gasteiger partial charge < -0.3 is 31.2 Å². The van der Waals surface area contributed by atoms with Crippen molar-refractivity contribution in [1.82, 2.24) is 10.6 Å². The zero-order valence-corrected chi connectivity index (χ0v) is 24.3. The molecule has 3 aromatic carbocycles. The van der Waals surface area contributed by atoms with E-state index in [0.29, 0.717) is 43.0 Å². The van der Waals surface area contributed by atoms with Crippen LogP contribution >= 0.6 is 0 Å². The van der Waals surface area contributed by atoms with Crippen LogP contribution in [0.15, 0.2) is 97.3 Å². The van der Waals surface area contributed by atoms with Gasteiger partial charge in [-0.1, -0.05) is 67.2 Å². The molecule has 0 saturated carbocycles. The number of benzene rings is 3. The van der Waals surface area contributed by atoms with Gasteiger partial charge in [0.2, 0.25) is 11.8 Å². The van der Waals surface area contributed by atoms with E-state index in [1.165, 1.54) is 0 Å². The van der Waals surface area contributed by atoms with Crippen LogP contribution in [0.4, 0.5) is 10.5 Å². The summed E-state index contributed by atoms with van der Waals surface area (Å²) in [6.45, 7) is 6.36. The molecule has 3 aromatic rings. The molecule has 0 aromatic heterocycles. The van der Waals surface area contributed by atoms with Gasteiger partial charge in [0.25, 0.3) is 0 Å². The SMILES string of the molecule is C=C1C=C(C)c2ccc(NC(=O)C(CCCCN)NC(=O)C(Cc3ccccc3)NC(=O)OCc3ccccc3)cc2O1. The first-order valence-electron chi connectivity index (χ1n) is 14.3. The molecule has 1 aliphatic heterocycles. The summed E-state index contributed by atoms with van der Waals surface area (Å²) in [7, 11) is 0. The number of ether oxygens (including phenoxy) is 2. The Labute approximate surface area is 252 Å². The first kappa shape index (κ1) is 31.1. The number of hydrogen-bond donors (Lipinski definition) is 4. The van der Waals surface area contributed by atoms with Gasteiger partial charge in [-0.15, -0.1) is 0 Å². The van der Waals surface area contributed by atoms with Gasteiger partial charge in [0, 0.05) is 23.7 Å². The second-order valence-electron chi connectivity index (χ2n) is 10.4. The smallest absolute Gasteiger partial charge is 0.408 e. The minimum Gasteiger partial charge on any atom is -0.457 e. The molecule has 0 fully saturated rings. The topological polar surface area (TPSA) is 132 Å². The minimum atomic E-state index is -0.978. The molecule has 1 aliphatic rings. The largest absolute Gasteiger partial charge is 0.457 e. The second-order valence-corrected chi connectivity index (χ2v) is 10.4. The molecule has 5 N–H and O–H groups in total. The Morgan fingerprint density at radius 2 is 1.58 bits per heavy atom. The monoisotopic (exact) mass is 582 g/mol. The summed E-state index contributed by atoms with van der Waals surface area (Å²) in [6.07, 6.45) is 3.01. The van der Waals surface area contributed by atoms with Crippen LogP contribution in [0.25, 0.3) is 5.57 Å². The van der Waals surface area contributed by atoms with Crippen LogP contribution in [0.3, 0.4) is 0 Å². The average Bonchev–Trinajstić information content (AvgIpc) is 3.00. The van der Waals surface area contributed by atoms with Crippen LogP contribution in [0, 0.1) is 0 Å². The number of nitrogens with one attached hydrogen (secondary N) is 3. The van der Waals surface area contributed by atoms with Gasteiger partial charge in [-0.3, -0.25) is 9.59 Å². The van der Waals surface area contributed by atoms with Crippen LogP contribution in [-0.2, 0) is 27.4 Å². The predicted molar refractivity (Wildman–Crippen MR) is 167 cm³/mol. The molecule has 0 radical (unpaired) electrons. The van der Waals surface area contributed by atoms with E-state index in [4.69, 9.17) is 15.2 Å². The van der Waals surface area contributed by atoms with Gasteiger partial charge >= 0.3 is 6.09 Å². The number of alkyl carbamates (subject to hydrolysis) is 1. The molecule has 3 amide bonds. The van der Waals surface area contributed by atoms with Gasteiger partial charge in [-0.2, -0.15) is 0 Å². The first-order chi connectivity index (χ1) is 20.8. The van der Waals surface area contributed by atoms with E-state index in [1.807, 2.05) is 79.7 Å². The number of amides is 3. The highest BCUT2D eigenvalue weighted by molar-refractivity contribution is 5.98. The predicted octanol–water partition coefficient (Wildman–Crippen LogP) is 5.09. The lowest BCUT2D eigenvalue weighted by atomic mass is 10.0. The van der Waals surface area contributed by atoms with E-state index in [9.17, 15) is 14.4 Å². The molecule has 2 unspecified atom stereocenters. The van der Waals surface area contributed by atoms with Crippen LogP contribution in [0.1, 0.15) is 42.9 Å². The standard InChI is InChI=1S/C34H38N4O5/c1-23-19-24(2)43-31-21-27(16-17-28(23)31)36-32(39)29(15-9-10-18-35)37-33(40)30(20-25-11-5-3-6-12-25)38-34(41)42-22-26-13-7-4-8-14-26/h3-8,11-14,16-17,19,21,29-30H,2,9-10,15,18,20,22,35H2,1H3,(H,36,39)(H,37,40)(H,38,41). The summed E-state index contributed by atoms with van der Waals surface area (Å²) in [5.74, 6) is 0.212. The fourth-order valence-corrected chi connectivity index (χ4v) is 4.73. The molecule has 0 bridgehead atoms. The zero-order chi connectivity index (χ0) is 30.6. The molecule has 4 rings (SSSR count). The van der Waals surface area contributed by atoms with Gasteiger partial charge in [0.1, 0.15) is 30.2 Å². The molecular weight excluding hydrogens is 544 g/mol. The summed E-state index contributed by atoms with van der Waals surface area (Å²) in [5, 5.41) is 8.44. The first-order valence-corrected chi connectivity index (χ1v) is 14.3. The minimum absolute atomic E-state index is 0.0592. The fraction of sp³-hybridized carbons (Fsp3) is 0.265. The van der Waals surface area contributed by atoms with Gasteiger partial charge in [0.15, 0.2) is 0 Å². The number of nitrogens with two attached hydrogens (primary N) is 1. The molecule has 1 heterocycles. The molecular formula is C34H38N4O5. The number of anilines is 1. The van der Waals surface area contributed by atoms with Crippen LogP contribution in [0.2, 0.25) is 0 Å². The molecule has 2 atom stereocenters. The highest BCUT2D eigenvalue weighted by Crippen LogP contribution is 2.34. The van der Waals surface area contributed by atoms with Gasteiger partial charge in [0.05, 0.1) is 0 Å². The van der Waals surface area contributed by atoms with E-state index < -0.39 is 30.0 Å². The number of fused-ring (bicyclic) bond motifs is 1. The Balaban J connectivity index is 1.47. The van der Waals surface area contributed by atoms with Crippen molar-refractivity contribution in [2.75, 3.05) is 11.9 Å². The van der Waals surface area contributed by atoms with Gasteiger partial charge in [-0.25, -0.2) is 4.79 Å². The summed E-state index contributed by atoms with van der Waals surface area (Å²) < 4.78 is 11.1. The lowest BCUT2D eigenvalue weighted by Crippen LogP contribution is -2.53. The molecule has 0 aliphatic carbocycles. The lowest BCUT2D eigenvalue weighted by Gasteiger charge is -2.24. The van der Waals surface area contributed by atoms with Crippen molar-refractivity contribution in [3.05, 3.63) is 114 Å². The number of rotatable bonds is 13. The third-order valence-electron chi connectivity index (χ3n) is 6.98. The van der Waals surface area contributed by atoms with Crippen molar-refractivity contribution in [3.63, 3.8) is 0 Å². The van der Waals surface area contributed by atoms with Crippen molar-refractivity contribution in [3.8, 4) is 5.75 Å². The fourth-order valence-electron chi connectivity index (χ4n) is 4.73. The summed E-state index contributed by atoms with van der Waals surface area (Å²) in [6, 6.07) is 22.1. The third-order valence-corrected chi connectivity index (χ3v) is 6.98. The summed E-state index contributed by atoms with van der Waals surface area (Å²) in [4.78, 5) is 39.8.